The number of piperidine rings is 1. The first-order chi connectivity index (χ1) is 18.0. The number of halogens is 2. The molecule has 1 unspecified atom stereocenters. The Labute approximate surface area is 222 Å². The maximum Gasteiger partial charge on any atom is 0.240 e. The molecule has 2 aliphatic rings. The molecule has 1 amide bonds. The van der Waals surface area contributed by atoms with Crippen molar-refractivity contribution in [2.24, 2.45) is 5.92 Å². The fraction of sp³-hybridized carbons (Fsp3) is 0.333. The topological polar surface area (TPSA) is 52.7 Å². The number of carbonyl (C=O) groups is 2. The first-order valence-corrected chi connectivity index (χ1v) is 13.3. The molecule has 0 radical (unpaired) electrons. The van der Waals surface area contributed by atoms with Gasteiger partial charge in [-0.05, 0) is 92.5 Å². The summed E-state index contributed by atoms with van der Waals surface area (Å²) >= 11 is 6.37. The molecule has 5 rings (SSSR count). The normalized spacial score (nSPS) is 18.9. The number of ketones is 1. The molecule has 3 aromatic carbocycles. The molecular formula is C30H31ClFN3O2. The van der Waals surface area contributed by atoms with Crippen LogP contribution in [0.1, 0.15) is 46.8 Å². The molecule has 37 heavy (non-hydrogen) atoms. The maximum atomic E-state index is 13.2. The van der Waals surface area contributed by atoms with Gasteiger partial charge in [-0.3, -0.25) is 14.9 Å². The van der Waals surface area contributed by atoms with Gasteiger partial charge < -0.3 is 9.80 Å². The number of amides is 1. The van der Waals surface area contributed by atoms with Crippen molar-refractivity contribution in [3.63, 3.8) is 0 Å². The van der Waals surface area contributed by atoms with Gasteiger partial charge in [0.1, 0.15) is 5.82 Å². The molecule has 1 saturated heterocycles. The third kappa shape index (κ3) is 5.93. The van der Waals surface area contributed by atoms with E-state index in [1.807, 2.05) is 41.3 Å². The molecule has 0 bridgehead atoms. The molecule has 7 heteroatoms. The molecule has 0 saturated carbocycles. The Morgan fingerprint density at radius 2 is 1.70 bits per heavy atom. The van der Waals surface area contributed by atoms with Gasteiger partial charge in [0.25, 0.3) is 0 Å². The summed E-state index contributed by atoms with van der Waals surface area (Å²) in [4.78, 5) is 30.2. The van der Waals surface area contributed by atoms with E-state index >= 15 is 0 Å². The van der Waals surface area contributed by atoms with Crippen molar-refractivity contribution in [3.8, 4) is 0 Å². The molecule has 0 aromatic heterocycles. The Morgan fingerprint density at radius 3 is 2.43 bits per heavy atom. The van der Waals surface area contributed by atoms with Crippen molar-refractivity contribution in [3.05, 3.63) is 100 Å². The number of anilines is 1. The number of nitrogens with zero attached hydrogens (tertiary/aromatic N) is 2. The minimum absolute atomic E-state index is 0.0217. The molecule has 0 aliphatic carbocycles. The van der Waals surface area contributed by atoms with E-state index in [0.717, 1.165) is 55.7 Å². The minimum atomic E-state index is -0.327. The van der Waals surface area contributed by atoms with Gasteiger partial charge in [-0.25, -0.2) is 4.39 Å². The Bertz CT molecular complexity index is 1240. The molecule has 5 nitrogen and oxygen atoms in total. The van der Waals surface area contributed by atoms with Crippen LogP contribution < -0.4 is 10.2 Å². The largest absolute Gasteiger partial charge is 0.311 e. The number of likely N-dealkylation sites (tertiary alicyclic amines) is 1. The summed E-state index contributed by atoms with van der Waals surface area (Å²) in [7, 11) is 0. The Morgan fingerprint density at radius 1 is 0.973 bits per heavy atom. The molecule has 2 aliphatic heterocycles. The van der Waals surface area contributed by atoms with Crippen molar-refractivity contribution < 1.29 is 14.0 Å². The molecule has 2 heterocycles. The lowest BCUT2D eigenvalue weighted by molar-refractivity contribution is -0.117. The lowest BCUT2D eigenvalue weighted by Crippen LogP contribution is -2.40. The van der Waals surface area contributed by atoms with Crippen molar-refractivity contribution in [2.45, 2.75) is 25.3 Å². The first kappa shape index (κ1) is 25.6. The number of Topliss-reactive ketones (excluding diaryl/α,β-unsaturated/α-hetero) is 1. The highest BCUT2D eigenvalue weighted by atomic mass is 35.5. The van der Waals surface area contributed by atoms with Crippen LogP contribution in [0, 0.1) is 11.7 Å². The first-order valence-electron chi connectivity index (χ1n) is 12.9. The van der Waals surface area contributed by atoms with Crippen LogP contribution in [0.25, 0.3) is 0 Å². The van der Waals surface area contributed by atoms with Crippen LogP contribution in [0.3, 0.4) is 0 Å². The van der Waals surface area contributed by atoms with E-state index in [1.54, 1.807) is 12.1 Å². The van der Waals surface area contributed by atoms with Gasteiger partial charge in [-0.1, -0.05) is 41.9 Å². The average Bonchev–Trinajstić information content (AvgIpc) is 3.05. The zero-order chi connectivity index (χ0) is 25.8. The number of hydrogen-bond donors (Lipinski definition) is 1. The molecule has 3 aromatic rings. The highest BCUT2D eigenvalue weighted by Gasteiger charge is 2.29. The van der Waals surface area contributed by atoms with Crippen LogP contribution in [-0.2, 0) is 4.79 Å². The highest BCUT2D eigenvalue weighted by molar-refractivity contribution is 6.30. The van der Waals surface area contributed by atoms with E-state index in [1.165, 1.54) is 12.1 Å². The van der Waals surface area contributed by atoms with Crippen LogP contribution in [0.4, 0.5) is 10.1 Å². The second-order valence-corrected chi connectivity index (χ2v) is 10.3. The van der Waals surface area contributed by atoms with E-state index in [4.69, 9.17) is 11.6 Å². The van der Waals surface area contributed by atoms with Gasteiger partial charge in [0.05, 0.1) is 12.6 Å². The zero-order valence-electron chi connectivity index (χ0n) is 20.7. The van der Waals surface area contributed by atoms with Gasteiger partial charge in [0.2, 0.25) is 5.91 Å². The zero-order valence-corrected chi connectivity index (χ0v) is 21.5. The van der Waals surface area contributed by atoms with Crippen LogP contribution >= 0.6 is 11.6 Å². The fourth-order valence-electron chi connectivity index (χ4n) is 5.44. The van der Waals surface area contributed by atoms with E-state index in [9.17, 15) is 14.0 Å². The van der Waals surface area contributed by atoms with Crippen molar-refractivity contribution in [1.29, 1.82) is 0 Å². The third-order valence-electron chi connectivity index (χ3n) is 7.43. The number of fused-ring (bicyclic) bond motifs is 1. The number of carbonyl (C=O) groups excluding carboxylic acids is 2. The van der Waals surface area contributed by atoms with Crippen LogP contribution in [-0.4, -0.2) is 49.3 Å². The standard InChI is InChI=1S/C30H31ClFN3O2/c31-24-9-12-27-26(19-24)29(21-5-2-1-3-6-21)33-20-28(36)35(27)16-4-15-34-17-13-23(14-18-34)30(37)22-7-10-25(32)11-8-22/h1-3,5-12,19,23,29,33H,4,13-18,20H2. The van der Waals surface area contributed by atoms with Gasteiger partial charge in [0, 0.05) is 28.7 Å². The summed E-state index contributed by atoms with van der Waals surface area (Å²) in [5, 5.41) is 4.07. The predicted octanol–water partition coefficient (Wildman–Crippen LogP) is 5.49. The number of hydrogen-bond acceptors (Lipinski definition) is 4. The summed E-state index contributed by atoms with van der Waals surface area (Å²) < 4.78 is 13.2. The smallest absolute Gasteiger partial charge is 0.240 e. The van der Waals surface area contributed by atoms with Crippen LogP contribution in [0.15, 0.2) is 72.8 Å². The summed E-state index contributed by atoms with van der Waals surface area (Å²) in [6.45, 7) is 3.41. The SMILES string of the molecule is O=C(c1ccc(F)cc1)C1CCN(CCCN2C(=O)CNC(c3ccccc3)c3cc(Cl)ccc32)CC1. The molecular weight excluding hydrogens is 489 g/mol. The highest BCUT2D eigenvalue weighted by Crippen LogP contribution is 2.35. The van der Waals surface area contributed by atoms with E-state index in [-0.39, 0.29) is 36.0 Å². The average molecular weight is 520 g/mol. The summed E-state index contributed by atoms with van der Waals surface area (Å²) in [6.07, 6.45) is 2.42. The predicted molar refractivity (Wildman–Crippen MR) is 145 cm³/mol. The van der Waals surface area contributed by atoms with Crippen molar-refractivity contribution in [1.82, 2.24) is 10.2 Å². The van der Waals surface area contributed by atoms with Gasteiger partial charge >= 0.3 is 0 Å². The van der Waals surface area contributed by atoms with E-state index in [2.05, 4.69) is 22.3 Å². The van der Waals surface area contributed by atoms with E-state index in [0.29, 0.717) is 17.1 Å². The minimum Gasteiger partial charge on any atom is -0.311 e. The van der Waals surface area contributed by atoms with Gasteiger partial charge in [0.15, 0.2) is 5.78 Å². The maximum absolute atomic E-state index is 13.2. The second-order valence-electron chi connectivity index (χ2n) is 9.81. The molecule has 1 N–H and O–H groups in total. The Hall–Kier alpha value is -3.06. The number of rotatable bonds is 7. The monoisotopic (exact) mass is 519 g/mol. The third-order valence-corrected chi connectivity index (χ3v) is 7.66. The fourth-order valence-corrected chi connectivity index (χ4v) is 5.62. The van der Waals surface area contributed by atoms with Crippen LogP contribution in [0.2, 0.25) is 5.02 Å². The van der Waals surface area contributed by atoms with Crippen molar-refractivity contribution in [2.75, 3.05) is 37.6 Å². The van der Waals surface area contributed by atoms with Crippen molar-refractivity contribution >= 4 is 29.0 Å². The summed E-state index contributed by atoms with van der Waals surface area (Å²) in [6, 6.07) is 21.6. The molecule has 1 fully saturated rings. The summed E-state index contributed by atoms with van der Waals surface area (Å²) in [5.74, 6) is -0.200. The Balaban J connectivity index is 1.20. The van der Waals surface area contributed by atoms with Crippen LogP contribution in [0.5, 0.6) is 0 Å². The quantitative estimate of drug-likeness (QED) is 0.419. The molecule has 0 spiro atoms. The molecule has 192 valence electrons. The van der Waals surface area contributed by atoms with Gasteiger partial charge in [-0.15, -0.1) is 0 Å². The van der Waals surface area contributed by atoms with E-state index < -0.39 is 0 Å². The number of nitrogens with one attached hydrogen (secondary N) is 1. The van der Waals surface area contributed by atoms with Gasteiger partial charge in [-0.2, -0.15) is 0 Å². The lowest BCUT2D eigenvalue weighted by Gasteiger charge is -2.32. The second kappa shape index (κ2) is 11.5. The molecule has 1 atom stereocenters. The summed E-state index contributed by atoms with van der Waals surface area (Å²) in [5.41, 5.74) is 3.58. The Kier molecular flexibility index (Phi) is 7.99. The number of benzene rings is 3. The lowest BCUT2D eigenvalue weighted by atomic mass is 9.89.